The van der Waals surface area contributed by atoms with Gasteiger partial charge in [-0.2, -0.15) is 4.57 Å². The van der Waals surface area contributed by atoms with E-state index in [1.807, 2.05) is 47.2 Å². The lowest BCUT2D eigenvalue weighted by atomic mass is 10.0. The largest absolute Gasteiger partial charge is 1.00 e. The van der Waals surface area contributed by atoms with Gasteiger partial charge in [-0.05, 0) is 59.5 Å². The van der Waals surface area contributed by atoms with Crippen LogP contribution < -0.4 is 40.5 Å². The van der Waals surface area contributed by atoms with E-state index in [1.54, 1.807) is 28.4 Å². The summed E-state index contributed by atoms with van der Waals surface area (Å²) < 4.78 is 37.1. The second-order valence-electron chi connectivity index (χ2n) is 7.98. The van der Waals surface area contributed by atoms with Gasteiger partial charge in [0.1, 0.15) is 5.82 Å². The topological polar surface area (TPSA) is 57.9 Å². The lowest BCUT2D eigenvalue weighted by Gasteiger charge is -2.13. The number of carbonyl (C=O) groups is 1. The van der Waals surface area contributed by atoms with Gasteiger partial charge < -0.3 is 35.9 Å². The quantitative estimate of drug-likeness (QED) is 0.233. The molecule has 0 fully saturated rings. The summed E-state index contributed by atoms with van der Waals surface area (Å²) in [4.78, 5) is 13.0. The van der Waals surface area contributed by atoms with Crippen molar-refractivity contribution in [2.75, 3.05) is 28.4 Å². The van der Waals surface area contributed by atoms with E-state index in [4.69, 9.17) is 18.9 Å². The Labute approximate surface area is 220 Å². The molecule has 1 heterocycles. The third-order valence-corrected chi connectivity index (χ3v) is 5.95. The van der Waals surface area contributed by atoms with Gasteiger partial charge in [0.15, 0.2) is 34.9 Å². The van der Waals surface area contributed by atoms with Crippen molar-refractivity contribution in [3.8, 4) is 23.0 Å². The maximum Gasteiger partial charge on any atom is 0.227 e. The van der Waals surface area contributed by atoms with Crippen molar-refractivity contribution < 1.29 is 49.7 Å². The molecule has 0 spiro atoms. The van der Waals surface area contributed by atoms with Crippen molar-refractivity contribution in [3.05, 3.63) is 89.5 Å². The maximum absolute atomic E-state index is 13.3. The summed E-state index contributed by atoms with van der Waals surface area (Å²) in [6.07, 6.45) is 2.40. The molecule has 0 saturated carbocycles. The zero-order valence-electron chi connectivity index (χ0n) is 20.5. The molecule has 0 aliphatic carbocycles. The van der Waals surface area contributed by atoms with E-state index in [0.29, 0.717) is 35.0 Å². The fourth-order valence-corrected chi connectivity index (χ4v) is 4.11. The van der Waals surface area contributed by atoms with Crippen LogP contribution in [0, 0.1) is 5.82 Å². The van der Waals surface area contributed by atoms with E-state index in [2.05, 4.69) is 0 Å². The molecule has 4 rings (SSSR count). The molecule has 3 aromatic carbocycles. The minimum atomic E-state index is -0.380. The third kappa shape index (κ3) is 5.60. The molecule has 0 aliphatic rings. The van der Waals surface area contributed by atoms with E-state index in [1.165, 1.54) is 24.3 Å². The lowest BCUT2D eigenvalue weighted by molar-refractivity contribution is -0.688. The Morgan fingerprint density at radius 2 is 1.39 bits per heavy atom. The summed E-state index contributed by atoms with van der Waals surface area (Å²) in [5, 5.41) is 1.87. The van der Waals surface area contributed by atoms with Crippen LogP contribution in [-0.4, -0.2) is 34.2 Å². The van der Waals surface area contributed by atoms with Crippen LogP contribution in [-0.2, 0) is 13.0 Å². The van der Waals surface area contributed by atoms with Crippen LogP contribution in [0.3, 0.4) is 0 Å². The van der Waals surface area contributed by atoms with Gasteiger partial charge in [0.05, 0.1) is 40.2 Å². The number of nitrogens with zero attached hydrogens (tertiary/aromatic N) is 1. The summed E-state index contributed by atoms with van der Waals surface area (Å²) in [5.74, 6) is 1.98. The number of Topliss-reactive ketones (excluding diaryl/α,β-unsaturated/α-hetero) is 1. The summed E-state index contributed by atoms with van der Waals surface area (Å²) in [5.41, 5.74) is 2.34. The molecule has 0 aliphatic heterocycles. The number of benzene rings is 3. The molecule has 0 saturated heterocycles. The number of fused-ring (bicyclic) bond motifs is 1. The highest BCUT2D eigenvalue weighted by Gasteiger charge is 2.22. The summed E-state index contributed by atoms with van der Waals surface area (Å²) in [7, 11) is 6.38. The van der Waals surface area contributed by atoms with Crippen LogP contribution in [0.4, 0.5) is 4.39 Å². The molecule has 0 bridgehead atoms. The molecular weight excluding hydrogens is 529 g/mol. The average molecular weight is 556 g/mol. The SMILES string of the molecule is COc1ccc(Cc2c3cc(OC)c(OC)cc3cc[n+]2CC(=O)c2ccc(F)cc2)cc1OC.[Br-]. The number of hydrogen-bond donors (Lipinski definition) is 0. The molecule has 0 atom stereocenters. The van der Waals surface area contributed by atoms with Crippen LogP contribution >= 0.6 is 0 Å². The van der Waals surface area contributed by atoms with Crippen LogP contribution in [0.15, 0.2) is 66.9 Å². The van der Waals surface area contributed by atoms with E-state index < -0.39 is 0 Å². The van der Waals surface area contributed by atoms with Gasteiger partial charge in [-0.1, -0.05) is 6.07 Å². The van der Waals surface area contributed by atoms with E-state index in [-0.39, 0.29) is 35.1 Å². The minimum Gasteiger partial charge on any atom is -1.00 e. The Balaban J connectivity index is 0.00000361. The standard InChI is InChI=1S/C28H27FNO5.BrH/c1-32-25-10-5-18(14-26(25)33-2)13-23-22-16-28(35-4)27(34-3)15-20(22)11-12-30(23)17-24(31)19-6-8-21(29)9-7-19;/h5-12,14-16H,13,17H2,1-4H3;1H/q+1;/p-1. The third-order valence-electron chi connectivity index (χ3n) is 5.95. The van der Waals surface area contributed by atoms with E-state index in [0.717, 1.165) is 22.0 Å². The first-order valence-corrected chi connectivity index (χ1v) is 11.0. The number of ketones is 1. The second kappa shape index (κ2) is 11.9. The lowest BCUT2D eigenvalue weighted by Crippen LogP contribution is -3.00. The van der Waals surface area contributed by atoms with Crippen molar-refractivity contribution in [2.24, 2.45) is 0 Å². The summed E-state index contributed by atoms with van der Waals surface area (Å²) in [6.45, 7) is 0.0958. The smallest absolute Gasteiger partial charge is 0.227 e. The fourth-order valence-electron chi connectivity index (χ4n) is 4.11. The number of halogens is 2. The molecule has 0 N–H and O–H groups in total. The second-order valence-corrected chi connectivity index (χ2v) is 7.98. The molecule has 1 aromatic heterocycles. The molecule has 8 heteroatoms. The van der Waals surface area contributed by atoms with E-state index >= 15 is 0 Å². The molecule has 0 unspecified atom stereocenters. The Morgan fingerprint density at radius 3 is 2.03 bits per heavy atom. The fraction of sp³-hybridized carbons (Fsp3) is 0.214. The summed E-state index contributed by atoms with van der Waals surface area (Å²) >= 11 is 0. The first-order valence-electron chi connectivity index (χ1n) is 11.0. The molecule has 0 amide bonds. The Kier molecular flexibility index (Phi) is 8.88. The van der Waals surface area contributed by atoms with Gasteiger partial charge in [0, 0.05) is 11.6 Å². The van der Waals surface area contributed by atoms with Crippen LogP contribution in [0.25, 0.3) is 10.8 Å². The molecule has 0 radical (unpaired) electrons. The predicted octanol–water partition coefficient (Wildman–Crippen LogP) is 1.78. The normalized spacial score (nSPS) is 10.5. The number of pyridine rings is 1. The van der Waals surface area contributed by atoms with E-state index in [9.17, 15) is 9.18 Å². The molecule has 4 aromatic rings. The number of aromatic nitrogens is 1. The first-order chi connectivity index (χ1) is 17.0. The van der Waals surface area contributed by atoms with Crippen molar-refractivity contribution in [3.63, 3.8) is 0 Å². The Bertz CT molecular complexity index is 1370. The van der Waals surface area contributed by atoms with Crippen LogP contribution in [0.2, 0.25) is 0 Å². The average Bonchev–Trinajstić information content (AvgIpc) is 2.89. The van der Waals surface area contributed by atoms with Crippen molar-refractivity contribution in [1.29, 1.82) is 0 Å². The van der Waals surface area contributed by atoms with Crippen molar-refractivity contribution in [1.82, 2.24) is 0 Å². The van der Waals surface area contributed by atoms with Crippen molar-refractivity contribution >= 4 is 16.6 Å². The van der Waals surface area contributed by atoms with Crippen LogP contribution in [0.1, 0.15) is 21.6 Å². The summed E-state index contributed by atoms with van der Waals surface area (Å²) in [6, 6.07) is 17.1. The van der Waals surface area contributed by atoms with Crippen molar-refractivity contribution in [2.45, 2.75) is 13.0 Å². The zero-order valence-corrected chi connectivity index (χ0v) is 22.1. The highest BCUT2D eigenvalue weighted by atomic mass is 79.9. The predicted molar refractivity (Wildman–Crippen MR) is 130 cm³/mol. The number of ether oxygens (including phenoxy) is 4. The minimum absolute atomic E-state index is 0. The van der Waals surface area contributed by atoms with Gasteiger partial charge in [-0.15, -0.1) is 0 Å². The van der Waals surface area contributed by atoms with Gasteiger partial charge in [0.25, 0.3) is 0 Å². The van der Waals surface area contributed by atoms with Gasteiger partial charge in [-0.3, -0.25) is 4.79 Å². The molecule has 188 valence electrons. The molecular formula is C28H27BrFNO5. The Hall–Kier alpha value is -3.65. The first kappa shape index (κ1) is 26.9. The Morgan fingerprint density at radius 1 is 0.778 bits per heavy atom. The molecule has 36 heavy (non-hydrogen) atoms. The van der Waals surface area contributed by atoms with Crippen LogP contribution in [0.5, 0.6) is 23.0 Å². The number of methoxy groups -OCH3 is 4. The number of rotatable bonds is 9. The highest BCUT2D eigenvalue weighted by Crippen LogP contribution is 2.34. The van der Waals surface area contributed by atoms with Gasteiger partial charge >= 0.3 is 0 Å². The number of carbonyl (C=O) groups excluding carboxylic acids is 1. The van der Waals surface area contributed by atoms with Gasteiger partial charge in [-0.25, -0.2) is 4.39 Å². The maximum atomic E-state index is 13.3. The number of hydrogen-bond acceptors (Lipinski definition) is 5. The zero-order chi connectivity index (χ0) is 24.9. The van der Waals surface area contributed by atoms with Gasteiger partial charge in [0.2, 0.25) is 12.3 Å². The monoisotopic (exact) mass is 555 g/mol. The highest BCUT2D eigenvalue weighted by molar-refractivity contribution is 5.95. The molecule has 6 nitrogen and oxygen atoms in total.